The van der Waals surface area contributed by atoms with Crippen LogP contribution in [-0.2, 0) is 10.0 Å². The number of sulfonamides is 1. The third kappa shape index (κ3) is 1.88. The van der Waals surface area contributed by atoms with E-state index < -0.39 is 15.4 Å². The number of nitrogens with zero attached hydrogens (tertiary/aromatic N) is 1. The van der Waals surface area contributed by atoms with Gasteiger partial charge < -0.3 is 4.90 Å². The molecule has 4 nitrogen and oxygen atoms in total. The molecule has 1 unspecified atom stereocenters. The maximum Gasteiger partial charge on any atom is 0.234 e. The highest BCUT2D eigenvalue weighted by Crippen LogP contribution is 2.43. The van der Waals surface area contributed by atoms with Crippen LogP contribution >= 0.6 is 0 Å². The van der Waals surface area contributed by atoms with Gasteiger partial charge >= 0.3 is 0 Å². The van der Waals surface area contributed by atoms with Gasteiger partial charge in [0.15, 0.2) is 5.37 Å². The van der Waals surface area contributed by atoms with Crippen molar-refractivity contribution in [2.75, 3.05) is 11.4 Å². The second-order valence-electron chi connectivity index (χ2n) is 5.56. The molecule has 5 heteroatoms. The van der Waals surface area contributed by atoms with Gasteiger partial charge in [-0.25, -0.2) is 8.42 Å². The molecular weight excluding hydrogens is 260 g/mol. The maximum atomic E-state index is 11.6. The van der Waals surface area contributed by atoms with E-state index in [0.29, 0.717) is 0 Å². The molecule has 102 valence electrons. The molecule has 0 amide bonds. The highest BCUT2D eigenvalue weighted by molar-refractivity contribution is 7.97. The van der Waals surface area contributed by atoms with E-state index in [1.54, 1.807) is 0 Å². The van der Waals surface area contributed by atoms with Crippen LogP contribution in [0.3, 0.4) is 0 Å². The molecule has 1 N–H and O–H groups in total. The Morgan fingerprint density at radius 2 is 1.95 bits per heavy atom. The monoisotopic (exact) mass is 278 g/mol. The van der Waals surface area contributed by atoms with Crippen molar-refractivity contribution in [1.82, 2.24) is 4.72 Å². The molecule has 0 radical (unpaired) electrons. The third-order valence-electron chi connectivity index (χ3n) is 3.83. The summed E-state index contributed by atoms with van der Waals surface area (Å²) in [6, 6.07) is 8.00. The molecule has 2 aliphatic heterocycles. The molecule has 0 bridgehead atoms. The Balaban J connectivity index is 2.18. The largest absolute Gasteiger partial charge is 0.363 e. The molecule has 1 atom stereocenters. The normalized spacial score (nSPS) is 26.6. The number of rotatable bonds is 2. The van der Waals surface area contributed by atoms with Crippen LogP contribution in [0.25, 0.3) is 5.57 Å². The van der Waals surface area contributed by atoms with E-state index in [4.69, 9.17) is 0 Å². The van der Waals surface area contributed by atoms with Crippen molar-refractivity contribution in [3.8, 4) is 0 Å². The first-order chi connectivity index (χ1) is 8.87. The van der Waals surface area contributed by atoms with Crippen molar-refractivity contribution in [2.45, 2.75) is 31.7 Å². The molecule has 2 aliphatic rings. The first-order valence-corrected chi connectivity index (χ1v) is 8.02. The van der Waals surface area contributed by atoms with Crippen LogP contribution in [0.1, 0.15) is 26.3 Å². The van der Waals surface area contributed by atoms with E-state index in [-0.39, 0.29) is 5.54 Å². The van der Waals surface area contributed by atoms with Crippen molar-refractivity contribution < 1.29 is 8.42 Å². The Morgan fingerprint density at radius 1 is 1.32 bits per heavy atom. The summed E-state index contributed by atoms with van der Waals surface area (Å²) in [6.07, 6.45) is 2.07. The van der Waals surface area contributed by atoms with Crippen LogP contribution in [0.15, 0.2) is 30.3 Å². The number of fused-ring (bicyclic) bond motifs is 1. The van der Waals surface area contributed by atoms with Gasteiger partial charge in [-0.3, -0.25) is 0 Å². The summed E-state index contributed by atoms with van der Waals surface area (Å²) in [5.41, 5.74) is 2.82. The average Bonchev–Trinajstić information content (AvgIpc) is 2.96. The number of likely N-dealkylation sites (N-methyl/N-ethyl adjacent to an activating group) is 1. The van der Waals surface area contributed by atoms with Crippen molar-refractivity contribution >= 4 is 21.3 Å². The predicted molar refractivity (Wildman–Crippen MR) is 77.4 cm³/mol. The summed E-state index contributed by atoms with van der Waals surface area (Å²) in [7, 11) is -3.11. The van der Waals surface area contributed by atoms with E-state index in [9.17, 15) is 8.42 Å². The van der Waals surface area contributed by atoms with Gasteiger partial charge in [0.2, 0.25) is 10.0 Å². The van der Waals surface area contributed by atoms with Gasteiger partial charge in [-0.15, -0.1) is 0 Å². The third-order valence-corrected chi connectivity index (χ3v) is 5.14. The molecule has 1 aromatic rings. The molecule has 1 aromatic carbocycles. The van der Waals surface area contributed by atoms with Crippen LogP contribution in [-0.4, -0.2) is 25.9 Å². The van der Waals surface area contributed by atoms with Gasteiger partial charge in [-0.2, -0.15) is 4.72 Å². The molecule has 1 saturated heterocycles. The Labute approximate surface area is 114 Å². The molecule has 0 saturated carbocycles. The SMILES string of the molecule is CCN1c2ccccc2C(C2NS2(=O)=O)=CC1(C)C. The van der Waals surface area contributed by atoms with Crippen LogP contribution in [0, 0.1) is 0 Å². The minimum absolute atomic E-state index is 0.182. The van der Waals surface area contributed by atoms with Crippen LogP contribution in [0.4, 0.5) is 5.69 Å². The molecule has 19 heavy (non-hydrogen) atoms. The Bertz CT molecular complexity index is 662. The summed E-state index contributed by atoms with van der Waals surface area (Å²) >= 11 is 0. The standard InChI is InChI=1S/C14H18N2O2S/c1-4-16-12-8-6-5-7-10(12)11(9-14(16,2)3)13-15-19(13,17)18/h5-9,13,15H,4H2,1-3H3. The maximum absolute atomic E-state index is 11.6. The lowest BCUT2D eigenvalue weighted by atomic mass is 9.88. The minimum atomic E-state index is -3.11. The van der Waals surface area contributed by atoms with Crippen LogP contribution in [0.2, 0.25) is 0 Å². The van der Waals surface area contributed by atoms with E-state index in [0.717, 1.165) is 23.4 Å². The number of hydrogen-bond acceptors (Lipinski definition) is 3. The molecule has 0 spiro atoms. The number of anilines is 1. The van der Waals surface area contributed by atoms with Crippen LogP contribution in [0.5, 0.6) is 0 Å². The highest BCUT2D eigenvalue weighted by atomic mass is 32.2. The lowest BCUT2D eigenvalue weighted by molar-refractivity contribution is 0.565. The zero-order valence-electron chi connectivity index (χ0n) is 11.3. The lowest BCUT2D eigenvalue weighted by Gasteiger charge is -2.42. The summed E-state index contributed by atoms with van der Waals surface area (Å²) < 4.78 is 25.7. The minimum Gasteiger partial charge on any atom is -0.363 e. The van der Waals surface area contributed by atoms with Gasteiger partial charge in [0.1, 0.15) is 0 Å². The Kier molecular flexibility index (Phi) is 2.56. The molecule has 0 aromatic heterocycles. The Morgan fingerprint density at radius 3 is 2.53 bits per heavy atom. The molecule has 1 fully saturated rings. The summed E-state index contributed by atoms with van der Waals surface area (Å²) in [6.45, 7) is 7.23. The fourth-order valence-electron chi connectivity index (χ4n) is 2.95. The fraction of sp³-hybridized carbons (Fsp3) is 0.429. The number of hydrogen-bond donors (Lipinski definition) is 1. The van der Waals surface area contributed by atoms with Crippen molar-refractivity contribution in [3.05, 3.63) is 35.9 Å². The molecule has 2 heterocycles. The summed E-state index contributed by atoms with van der Waals surface area (Å²) in [5, 5.41) is -0.535. The van der Waals surface area contributed by atoms with Gasteiger partial charge in [-0.05, 0) is 32.4 Å². The second-order valence-corrected chi connectivity index (χ2v) is 7.35. The average molecular weight is 278 g/mol. The summed E-state index contributed by atoms with van der Waals surface area (Å²) in [5.74, 6) is 0. The fourth-order valence-corrected chi connectivity index (χ4v) is 4.08. The lowest BCUT2D eigenvalue weighted by Crippen LogP contribution is -2.45. The topological polar surface area (TPSA) is 59.3 Å². The smallest absolute Gasteiger partial charge is 0.234 e. The number of nitrogens with one attached hydrogen (secondary N) is 1. The number of para-hydroxylation sites is 1. The van der Waals surface area contributed by atoms with Crippen molar-refractivity contribution in [3.63, 3.8) is 0 Å². The second kappa shape index (κ2) is 3.84. The van der Waals surface area contributed by atoms with Crippen molar-refractivity contribution in [2.24, 2.45) is 0 Å². The Hall–Kier alpha value is -1.33. The quantitative estimate of drug-likeness (QED) is 0.841. The van der Waals surface area contributed by atoms with Gasteiger partial charge in [0.05, 0.1) is 5.54 Å². The molecule has 0 aliphatic carbocycles. The van der Waals surface area contributed by atoms with Gasteiger partial charge in [0.25, 0.3) is 0 Å². The first-order valence-electron chi connectivity index (χ1n) is 6.48. The first kappa shape index (κ1) is 12.7. The van der Waals surface area contributed by atoms with Gasteiger partial charge in [0, 0.05) is 17.8 Å². The van der Waals surface area contributed by atoms with E-state index in [2.05, 4.69) is 42.5 Å². The van der Waals surface area contributed by atoms with Gasteiger partial charge in [-0.1, -0.05) is 24.3 Å². The van der Waals surface area contributed by atoms with E-state index in [1.807, 2.05) is 18.2 Å². The predicted octanol–water partition coefficient (Wildman–Crippen LogP) is 1.95. The zero-order valence-corrected chi connectivity index (χ0v) is 12.2. The highest BCUT2D eigenvalue weighted by Gasteiger charge is 2.48. The molecular formula is C14H18N2O2S. The zero-order chi connectivity index (χ0) is 13.8. The van der Waals surface area contributed by atoms with E-state index in [1.165, 1.54) is 0 Å². The summed E-state index contributed by atoms with van der Waals surface area (Å²) in [4.78, 5) is 2.29. The van der Waals surface area contributed by atoms with Crippen LogP contribution < -0.4 is 9.62 Å². The van der Waals surface area contributed by atoms with Crippen molar-refractivity contribution in [1.29, 1.82) is 0 Å². The molecule has 3 rings (SSSR count). The number of benzene rings is 1. The van der Waals surface area contributed by atoms with E-state index >= 15 is 0 Å².